The Morgan fingerprint density at radius 3 is 2.56 bits per heavy atom. The van der Waals surface area contributed by atoms with Gasteiger partial charge in [0, 0.05) is 32.8 Å². The Hall–Kier alpha value is -0.160. The highest BCUT2D eigenvalue weighted by Crippen LogP contribution is 2.19. The van der Waals surface area contributed by atoms with E-state index in [1.54, 1.807) is 7.11 Å². The number of methoxy groups -OCH3 is 1. The van der Waals surface area contributed by atoms with Crippen molar-refractivity contribution >= 4 is 0 Å². The van der Waals surface area contributed by atoms with Gasteiger partial charge in [-0.25, -0.2) is 0 Å². The summed E-state index contributed by atoms with van der Waals surface area (Å²) in [7, 11) is 6.10. The number of rotatable bonds is 8. The number of ether oxygens (including phenoxy) is 1. The van der Waals surface area contributed by atoms with Gasteiger partial charge in [0.2, 0.25) is 0 Å². The van der Waals surface area contributed by atoms with E-state index in [-0.39, 0.29) is 0 Å². The Balaban J connectivity index is 2.13. The highest BCUT2D eigenvalue weighted by Gasteiger charge is 2.22. The number of likely N-dealkylation sites (tertiary alicyclic amines) is 1. The maximum absolute atomic E-state index is 5.04. The largest absolute Gasteiger partial charge is 0.383 e. The molecule has 1 heterocycles. The average molecular weight is 257 g/mol. The zero-order chi connectivity index (χ0) is 13.4. The number of nitrogens with one attached hydrogen (secondary N) is 1. The van der Waals surface area contributed by atoms with Crippen LogP contribution in [-0.2, 0) is 4.74 Å². The van der Waals surface area contributed by atoms with Crippen LogP contribution in [0.1, 0.15) is 19.8 Å². The Bertz CT molecular complexity index is 203. The number of hydrogen-bond donors (Lipinski definition) is 1. The van der Waals surface area contributed by atoms with Crippen LogP contribution in [0.5, 0.6) is 0 Å². The van der Waals surface area contributed by atoms with Crippen LogP contribution in [0.2, 0.25) is 0 Å². The lowest BCUT2D eigenvalue weighted by Gasteiger charge is -2.37. The van der Waals surface area contributed by atoms with Gasteiger partial charge in [-0.3, -0.25) is 4.90 Å². The van der Waals surface area contributed by atoms with Crippen molar-refractivity contribution in [3.63, 3.8) is 0 Å². The van der Waals surface area contributed by atoms with Crippen molar-refractivity contribution in [1.29, 1.82) is 0 Å². The highest BCUT2D eigenvalue weighted by atomic mass is 16.5. The minimum atomic E-state index is 0.641. The lowest BCUT2D eigenvalue weighted by atomic mass is 9.95. The minimum Gasteiger partial charge on any atom is -0.383 e. The van der Waals surface area contributed by atoms with Gasteiger partial charge < -0.3 is 15.0 Å². The Morgan fingerprint density at radius 1 is 1.33 bits per heavy atom. The number of hydrogen-bond acceptors (Lipinski definition) is 4. The molecule has 1 fully saturated rings. The highest BCUT2D eigenvalue weighted by molar-refractivity contribution is 4.78. The number of nitrogens with zero attached hydrogens (tertiary/aromatic N) is 2. The standard InChI is InChI=1S/C14H31N3O/c1-13(11-15-7-10-18-4)17-8-5-14(6-9-17)12-16(2)3/h13-15H,5-12H2,1-4H3. The zero-order valence-electron chi connectivity index (χ0n) is 12.6. The first kappa shape index (κ1) is 15.9. The van der Waals surface area contributed by atoms with E-state index in [4.69, 9.17) is 4.74 Å². The second kappa shape index (κ2) is 8.86. The minimum absolute atomic E-state index is 0.641. The molecule has 0 saturated carbocycles. The fourth-order valence-electron chi connectivity index (χ4n) is 2.71. The lowest BCUT2D eigenvalue weighted by Crippen LogP contribution is -2.46. The molecule has 4 nitrogen and oxygen atoms in total. The molecule has 0 aromatic heterocycles. The third-order valence-corrected chi connectivity index (χ3v) is 3.82. The average Bonchev–Trinajstić information content (AvgIpc) is 2.34. The van der Waals surface area contributed by atoms with E-state index >= 15 is 0 Å². The van der Waals surface area contributed by atoms with Crippen molar-refractivity contribution in [2.45, 2.75) is 25.8 Å². The third-order valence-electron chi connectivity index (χ3n) is 3.82. The Kier molecular flexibility index (Phi) is 7.82. The summed E-state index contributed by atoms with van der Waals surface area (Å²) in [5, 5.41) is 3.45. The van der Waals surface area contributed by atoms with Crippen LogP contribution in [0, 0.1) is 5.92 Å². The molecule has 1 saturated heterocycles. The summed E-state index contributed by atoms with van der Waals surface area (Å²) in [6, 6.07) is 0.641. The van der Waals surface area contributed by atoms with E-state index in [0.29, 0.717) is 6.04 Å². The van der Waals surface area contributed by atoms with E-state index in [9.17, 15) is 0 Å². The molecule has 0 aromatic rings. The van der Waals surface area contributed by atoms with Crippen molar-refractivity contribution in [3.8, 4) is 0 Å². The molecule has 0 amide bonds. The molecule has 1 aliphatic rings. The van der Waals surface area contributed by atoms with Crippen LogP contribution in [-0.4, -0.2) is 76.4 Å². The van der Waals surface area contributed by atoms with E-state index in [1.807, 2.05) is 0 Å². The van der Waals surface area contributed by atoms with E-state index in [2.05, 4.69) is 36.1 Å². The molecule has 1 rings (SSSR count). The van der Waals surface area contributed by atoms with Gasteiger partial charge in [0.1, 0.15) is 0 Å². The molecule has 0 spiro atoms. The van der Waals surface area contributed by atoms with Crippen molar-refractivity contribution in [2.24, 2.45) is 5.92 Å². The monoisotopic (exact) mass is 257 g/mol. The first-order valence-corrected chi connectivity index (χ1v) is 7.22. The van der Waals surface area contributed by atoms with Crippen LogP contribution >= 0.6 is 0 Å². The molecule has 1 unspecified atom stereocenters. The molecular weight excluding hydrogens is 226 g/mol. The summed E-state index contributed by atoms with van der Waals surface area (Å²) in [4.78, 5) is 4.93. The molecule has 1 atom stereocenters. The predicted octanol–water partition coefficient (Wildman–Crippen LogP) is 0.885. The van der Waals surface area contributed by atoms with Crippen molar-refractivity contribution in [1.82, 2.24) is 15.1 Å². The van der Waals surface area contributed by atoms with Crippen LogP contribution in [0.4, 0.5) is 0 Å². The predicted molar refractivity (Wildman–Crippen MR) is 77.1 cm³/mol. The lowest BCUT2D eigenvalue weighted by molar-refractivity contribution is 0.123. The van der Waals surface area contributed by atoms with Crippen molar-refractivity contribution in [2.75, 3.05) is 60.5 Å². The molecular formula is C14H31N3O. The summed E-state index contributed by atoms with van der Waals surface area (Å²) in [5.74, 6) is 0.893. The van der Waals surface area contributed by atoms with Gasteiger partial charge in [0.25, 0.3) is 0 Å². The topological polar surface area (TPSA) is 27.7 Å². The van der Waals surface area contributed by atoms with Crippen LogP contribution in [0.25, 0.3) is 0 Å². The van der Waals surface area contributed by atoms with Crippen LogP contribution in [0.3, 0.4) is 0 Å². The molecule has 0 bridgehead atoms. The Labute approximate surface area is 113 Å². The first-order valence-electron chi connectivity index (χ1n) is 7.22. The Morgan fingerprint density at radius 2 is 2.00 bits per heavy atom. The first-order chi connectivity index (χ1) is 8.63. The fraction of sp³-hybridized carbons (Fsp3) is 1.00. The molecule has 4 heteroatoms. The summed E-state index contributed by atoms with van der Waals surface area (Å²) < 4.78 is 5.04. The molecule has 0 aromatic carbocycles. The van der Waals surface area contributed by atoms with Gasteiger partial charge in [0.15, 0.2) is 0 Å². The normalized spacial score (nSPS) is 20.5. The van der Waals surface area contributed by atoms with Gasteiger partial charge in [0.05, 0.1) is 6.61 Å². The summed E-state index contributed by atoms with van der Waals surface area (Å²) in [6.07, 6.45) is 2.70. The van der Waals surface area contributed by atoms with Crippen molar-refractivity contribution < 1.29 is 4.74 Å². The van der Waals surface area contributed by atoms with E-state index in [0.717, 1.165) is 25.6 Å². The number of piperidine rings is 1. The summed E-state index contributed by atoms with van der Waals surface area (Å²) in [6.45, 7) is 8.91. The van der Waals surface area contributed by atoms with Crippen molar-refractivity contribution in [3.05, 3.63) is 0 Å². The van der Waals surface area contributed by atoms with Gasteiger partial charge in [-0.2, -0.15) is 0 Å². The maximum atomic E-state index is 5.04. The molecule has 108 valence electrons. The van der Waals surface area contributed by atoms with Gasteiger partial charge in [-0.05, 0) is 52.9 Å². The van der Waals surface area contributed by atoms with E-state index < -0.39 is 0 Å². The van der Waals surface area contributed by atoms with E-state index in [1.165, 1.54) is 32.5 Å². The van der Waals surface area contributed by atoms with Gasteiger partial charge >= 0.3 is 0 Å². The summed E-state index contributed by atoms with van der Waals surface area (Å²) >= 11 is 0. The zero-order valence-corrected chi connectivity index (χ0v) is 12.6. The smallest absolute Gasteiger partial charge is 0.0587 e. The molecule has 1 aliphatic heterocycles. The van der Waals surface area contributed by atoms with Gasteiger partial charge in [-0.15, -0.1) is 0 Å². The second-order valence-corrected chi connectivity index (χ2v) is 5.79. The second-order valence-electron chi connectivity index (χ2n) is 5.79. The molecule has 1 N–H and O–H groups in total. The van der Waals surface area contributed by atoms with Gasteiger partial charge in [-0.1, -0.05) is 0 Å². The van der Waals surface area contributed by atoms with Crippen LogP contribution < -0.4 is 5.32 Å². The maximum Gasteiger partial charge on any atom is 0.0587 e. The third kappa shape index (κ3) is 6.14. The molecule has 0 aliphatic carbocycles. The summed E-state index contributed by atoms with van der Waals surface area (Å²) in [5.41, 5.74) is 0. The fourth-order valence-corrected chi connectivity index (χ4v) is 2.71. The van der Waals surface area contributed by atoms with Crippen LogP contribution in [0.15, 0.2) is 0 Å². The molecule has 18 heavy (non-hydrogen) atoms. The SMILES string of the molecule is COCCNCC(C)N1CCC(CN(C)C)CC1. The molecule has 0 radical (unpaired) electrons. The quantitative estimate of drug-likeness (QED) is 0.654.